The lowest BCUT2D eigenvalue weighted by atomic mass is 10.1. The van der Waals surface area contributed by atoms with Gasteiger partial charge >= 0.3 is 12.0 Å². The predicted octanol–water partition coefficient (Wildman–Crippen LogP) is 2.08. The molecule has 0 spiro atoms. The fourth-order valence-electron chi connectivity index (χ4n) is 2.02. The van der Waals surface area contributed by atoms with Gasteiger partial charge in [-0.1, -0.05) is 28.1 Å². The van der Waals surface area contributed by atoms with Gasteiger partial charge in [-0.25, -0.2) is 4.79 Å². The van der Waals surface area contributed by atoms with Crippen molar-refractivity contribution in [3.05, 3.63) is 34.3 Å². The summed E-state index contributed by atoms with van der Waals surface area (Å²) in [5.74, 6) is -0.307. The number of nitrogens with zero attached hydrogens (tertiary/aromatic N) is 1. The van der Waals surface area contributed by atoms with E-state index in [4.69, 9.17) is 0 Å². The average molecular weight is 327 g/mol. The van der Waals surface area contributed by atoms with E-state index in [0.717, 1.165) is 10.0 Å². The van der Waals surface area contributed by atoms with Crippen LogP contribution in [0.2, 0.25) is 0 Å². The number of amides is 2. The van der Waals surface area contributed by atoms with Crippen LogP contribution in [0.1, 0.15) is 18.0 Å². The molecule has 1 aromatic rings. The number of carbonyl (C=O) groups is 2. The Kier molecular flexibility index (Phi) is 4.42. The van der Waals surface area contributed by atoms with Crippen molar-refractivity contribution in [2.45, 2.75) is 12.5 Å². The summed E-state index contributed by atoms with van der Waals surface area (Å²) >= 11 is 3.41. The van der Waals surface area contributed by atoms with Crippen molar-refractivity contribution in [3.63, 3.8) is 0 Å². The minimum atomic E-state index is -0.307. The molecule has 2 rings (SSSR count). The van der Waals surface area contributed by atoms with Gasteiger partial charge in [-0.15, -0.1) is 0 Å². The van der Waals surface area contributed by atoms with Gasteiger partial charge in [0.15, 0.2) is 0 Å². The van der Waals surface area contributed by atoms with Crippen molar-refractivity contribution in [1.82, 2.24) is 10.2 Å². The van der Waals surface area contributed by atoms with Gasteiger partial charge in [0.1, 0.15) is 0 Å². The molecular formula is C13H15BrN2O3. The number of hydrogen-bond acceptors (Lipinski definition) is 3. The van der Waals surface area contributed by atoms with Gasteiger partial charge in [0, 0.05) is 17.6 Å². The number of benzene rings is 1. The van der Waals surface area contributed by atoms with Crippen molar-refractivity contribution in [2.75, 3.05) is 20.2 Å². The lowest BCUT2D eigenvalue weighted by Crippen LogP contribution is -2.30. The molecule has 102 valence electrons. The number of esters is 1. The van der Waals surface area contributed by atoms with E-state index >= 15 is 0 Å². The van der Waals surface area contributed by atoms with Crippen LogP contribution in [-0.2, 0) is 9.53 Å². The maximum atomic E-state index is 11.8. The molecule has 0 aromatic heterocycles. The van der Waals surface area contributed by atoms with E-state index in [1.54, 1.807) is 4.90 Å². The lowest BCUT2D eigenvalue weighted by Gasteiger charge is -2.13. The maximum absolute atomic E-state index is 11.8. The van der Waals surface area contributed by atoms with Crippen molar-refractivity contribution >= 4 is 27.9 Å². The number of methoxy groups -OCH3 is 1. The Balaban J connectivity index is 1.97. The van der Waals surface area contributed by atoms with Gasteiger partial charge in [0.25, 0.3) is 0 Å². The molecule has 0 saturated carbocycles. The molecule has 1 aliphatic rings. The smallest absolute Gasteiger partial charge is 0.318 e. The van der Waals surface area contributed by atoms with Crippen molar-refractivity contribution in [1.29, 1.82) is 0 Å². The number of urea groups is 1. The molecule has 5 nitrogen and oxygen atoms in total. The first kappa shape index (κ1) is 13.9. The first-order valence-electron chi connectivity index (χ1n) is 5.98. The Morgan fingerprint density at radius 1 is 1.58 bits per heavy atom. The summed E-state index contributed by atoms with van der Waals surface area (Å²) in [5, 5.41) is 2.90. The Bertz CT molecular complexity index is 493. The fraction of sp³-hybridized carbons (Fsp3) is 0.385. The lowest BCUT2D eigenvalue weighted by molar-refractivity contribution is -0.140. The quantitative estimate of drug-likeness (QED) is 0.862. The molecule has 0 aliphatic carbocycles. The summed E-state index contributed by atoms with van der Waals surface area (Å²) in [4.78, 5) is 24.5. The summed E-state index contributed by atoms with van der Waals surface area (Å²) in [6.45, 7) is 0.940. The van der Waals surface area contributed by atoms with Gasteiger partial charge in [0.2, 0.25) is 0 Å². The predicted molar refractivity (Wildman–Crippen MR) is 73.6 cm³/mol. The highest BCUT2D eigenvalue weighted by Crippen LogP contribution is 2.23. The molecular weight excluding hydrogens is 312 g/mol. The Labute approximate surface area is 120 Å². The molecule has 0 radical (unpaired) electrons. The minimum absolute atomic E-state index is 0.0392. The average Bonchev–Trinajstić information content (AvgIpc) is 2.77. The second kappa shape index (κ2) is 6.06. The second-order valence-electron chi connectivity index (χ2n) is 4.33. The van der Waals surface area contributed by atoms with Crippen molar-refractivity contribution < 1.29 is 14.3 Å². The van der Waals surface area contributed by atoms with Gasteiger partial charge in [0.05, 0.1) is 19.6 Å². The third-order valence-electron chi connectivity index (χ3n) is 3.05. The normalized spacial score (nSPS) is 18.3. The zero-order valence-corrected chi connectivity index (χ0v) is 12.1. The molecule has 2 amide bonds. The van der Waals surface area contributed by atoms with E-state index in [2.05, 4.69) is 26.0 Å². The van der Waals surface area contributed by atoms with Gasteiger partial charge in [-0.3, -0.25) is 4.79 Å². The number of carbonyl (C=O) groups excluding carboxylic acids is 2. The number of ether oxygens (including phenoxy) is 1. The largest absolute Gasteiger partial charge is 0.469 e. The summed E-state index contributed by atoms with van der Waals surface area (Å²) in [5.41, 5.74) is 1.04. The van der Waals surface area contributed by atoms with Crippen LogP contribution in [0.25, 0.3) is 0 Å². The fourth-order valence-corrected chi connectivity index (χ4v) is 2.44. The Hall–Kier alpha value is -1.56. The number of halogens is 1. The van der Waals surface area contributed by atoms with Crippen molar-refractivity contribution in [2.24, 2.45) is 0 Å². The van der Waals surface area contributed by atoms with E-state index in [1.807, 2.05) is 24.3 Å². The SMILES string of the molecule is COC(=O)CCN1CC(c2cccc(Br)c2)NC1=O. The van der Waals surface area contributed by atoms with E-state index < -0.39 is 0 Å². The summed E-state index contributed by atoms with van der Waals surface area (Å²) in [6, 6.07) is 7.64. The standard InChI is InChI=1S/C13H15BrN2O3/c1-19-12(17)5-6-16-8-11(15-13(16)18)9-3-2-4-10(14)7-9/h2-4,7,11H,5-6,8H2,1H3,(H,15,18). The zero-order chi connectivity index (χ0) is 13.8. The zero-order valence-electron chi connectivity index (χ0n) is 10.6. The molecule has 1 N–H and O–H groups in total. The number of nitrogens with one attached hydrogen (secondary N) is 1. The summed E-state index contributed by atoms with van der Waals surface area (Å²) < 4.78 is 5.55. The van der Waals surface area contributed by atoms with Gasteiger partial charge < -0.3 is 15.0 Å². The van der Waals surface area contributed by atoms with Crippen LogP contribution in [0.3, 0.4) is 0 Å². The molecule has 1 heterocycles. The second-order valence-corrected chi connectivity index (χ2v) is 5.24. The molecule has 6 heteroatoms. The highest BCUT2D eigenvalue weighted by Gasteiger charge is 2.29. The van der Waals surface area contributed by atoms with Crippen LogP contribution in [0, 0.1) is 0 Å². The van der Waals surface area contributed by atoms with Gasteiger partial charge in [-0.05, 0) is 17.7 Å². The van der Waals surface area contributed by atoms with Crippen LogP contribution in [0.5, 0.6) is 0 Å². The van der Waals surface area contributed by atoms with Crippen molar-refractivity contribution in [3.8, 4) is 0 Å². The maximum Gasteiger partial charge on any atom is 0.318 e. The third kappa shape index (κ3) is 3.47. The summed E-state index contributed by atoms with van der Waals surface area (Å²) in [7, 11) is 1.34. The van der Waals surface area contributed by atoms with E-state index in [0.29, 0.717) is 13.1 Å². The van der Waals surface area contributed by atoms with Crippen LogP contribution in [0.4, 0.5) is 4.79 Å². The molecule has 0 bridgehead atoms. The Morgan fingerprint density at radius 2 is 2.37 bits per heavy atom. The molecule has 1 atom stereocenters. The summed E-state index contributed by atoms with van der Waals surface area (Å²) in [6.07, 6.45) is 0.217. The highest BCUT2D eigenvalue weighted by atomic mass is 79.9. The van der Waals surface area contributed by atoms with E-state index in [1.165, 1.54) is 7.11 Å². The molecule has 1 unspecified atom stereocenters. The molecule has 1 saturated heterocycles. The molecule has 19 heavy (non-hydrogen) atoms. The number of rotatable bonds is 4. The highest BCUT2D eigenvalue weighted by molar-refractivity contribution is 9.10. The van der Waals surface area contributed by atoms with E-state index in [9.17, 15) is 9.59 Å². The first-order chi connectivity index (χ1) is 9.10. The Morgan fingerprint density at radius 3 is 3.05 bits per heavy atom. The monoisotopic (exact) mass is 326 g/mol. The van der Waals surface area contributed by atoms with Gasteiger partial charge in [-0.2, -0.15) is 0 Å². The van der Waals surface area contributed by atoms with E-state index in [-0.39, 0.29) is 24.5 Å². The first-order valence-corrected chi connectivity index (χ1v) is 6.77. The molecule has 1 fully saturated rings. The molecule has 1 aromatic carbocycles. The van der Waals surface area contributed by atoms with Crippen LogP contribution in [0.15, 0.2) is 28.7 Å². The topological polar surface area (TPSA) is 58.6 Å². The van der Waals surface area contributed by atoms with Crippen LogP contribution < -0.4 is 5.32 Å². The van der Waals surface area contributed by atoms with Crippen LogP contribution in [-0.4, -0.2) is 37.1 Å². The minimum Gasteiger partial charge on any atom is -0.469 e. The number of hydrogen-bond donors (Lipinski definition) is 1. The molecule has 1 aliphatic heterocycles. The third-order valence-corrected chi connectivity index (χ3v) is 3.55. The van der Waals surface area contributed by atoms with Crippen LogP contribution >= 0.6 is 15.9 Å².